The van der Waals surface area contributed by atoms with Crippen LogP contribution in [0.15, 0.2) is 12.4 Å². The second-order valence-electron chi connectivity index (χ2n) is 5.46. The zero-order chi connectivity index (χ0) is 12.8. The molecule has 2 aliphatic heterocycles. The molecule has 1 aromatic rings. The highest BCUT2D eigenvalue weighted by Crippen LogP contribution is 2.43. The molecule has 98 valence electrons. The number of rotatable bonds is 1. The molecule has 0 saturated carbocycles. The fraction of sp³-hybridized carbons (Fsp3) is 0.692. The molecular weight excluding hydrogens is 248 g/mol. The molecule has 1 N–H and O–H groups in total. The molecule has 1 aromatic heterocycles. The summed E-state index contributed by atoms with van der Waals surface area (Å²) in [5.74, 6) is 0.710. The Morgan fingerprint density at radius 2 is 1.83 bits per heavy atom. The molecule has 18 heavy (non-hydrogen) atoms. The van der Waals surface area contributed by atoms with Crippen molar-refractivity contribution in [1.29, 1.82) is 0 Å². The van der Waals surface area contributed by atoms with E-state index >= 15 is 0 Å². The van der Waals surface area contributed by atoms with Gasteiger partial charge in [0.2, 0.25) is 0 Å². The summed E-state index contributed by atoms with van der Waals surface area (Å²) in [6.45, 7) is 1.83. The highest BCUT2D eigenvalue weighted by molar-refractivity contribution is 7.86. The van der Waals surface area contributed by atoms with E-state index in [2.05, 4.69) is 9.97 Å². The van der Waals surface area contributed by atoms with Gasteiger partial charge >= 0.3 is 0 Å². The lowest BCUT2D eigenvalue weighted by Gasteiger charge is -2.43. The maximum absolute atomic E-state index is 12.1. The Balaban J connectivity index is 1.91. The van der Waals surface area contributed by atoms with Crippen LogP contribution in [0.3, 0.4) is 0 Å². The topological polar surface area (TPSA) is 63.1 Å². The number of aliphatic hydroxyl groups is 1. The van der Waals surface area contributed by atoms with Gasteiger partial charge in [0.15, 0.2) is 0 Å². The van der Waals surface area contributed by atoms with Gasteiger partial charge in [-0.3, -0.25) is 4.21 Å². The Bertz CT molecular complexity index is 458. The van der Waals surface area contributed by atoms with Gasteiger partial charge < -0.3 is 5.11 Å². The molecule has 0 amide bonds. The van der Waals surface area contributed by atoms with E-state index in [9.17, 15) is 9.32 Å². The van der Waals surface area contributed by atoms with E-state index < -0.39 is 16.4 Å². The van der Waals surface area contributed by atoms with Crippen molar-refractivity contribution in [3.8, 4) is 0 Å². The number of nitrogens with zero attached hydrogens (tertiary/aromatic N) is 2. The van der Waals surface area contributed by atoms with Gasteiger partial charge in [-0.25, -0.2) is 9.97 Å². The lowest BCUT2D eigenvalue weighted by atomic mass is 9.81. The summed E-state index contributed by atoms with van der Waals surface area (Å²) in [6.07, 6.45) is 7.68. The third kappa shape index (κ3) is 1.99. The largest absolute Gasteiger partial charge is 0.385 e. The molecule has 3 heterocycles. The molecule has 0 aliphatic carbocycles. The van der Waals surface area contributed by atoms with Crippen molar-refractivity contribution < 1.29 is 9.32 Å². The number of fused-ring (bicyclic) bond motifs is 2. The highest BCUT2D eigenvalue weighted by atomic mass is 32.2. The van der Waals surface area contributed by atoms with Crippen molar-refractivity contribution in [3.63, 3.8) is 0 Å². The van der Waals surface area contributed by atoms with E-state index in [1.165, 1.54) is 0 Å². The molecule has 0 aromatic carbocycles. The molecule has 2 bridgehead atoms. The first kappa shape index (κ1) is 12.2. The van der Waals surface area contributed by atoms with Gasteiger partial charge in [0, 0.05) is 39.3 Å². The van der Waals surface area contributed by atoms with Gasteiger partial charge in [-0.2, -0.15) is 0 Å². The Morgan fingerprint density at radius 3 is 2.39 bits per heavy atom. The number of hydrogen-bond acceptors (Lipinski definition) is 4. The third-order valence-electron chi connectivity index (χ3n) is 4.16. The molecular formula is C13H18N2O2S. The highest BCUT2D eigenvalue weighted by Gasteiger charge is 2.46. The quantitative estimate of drug-likeness (QED) is 0.835. The Morgan fingerprint density at radius 1 is 1.28 bits per heavy atom. The van der Waals surface area contributed by atoms with E-state index in [0.29, 0.717) is 18.7 Å². The monoisotopic (exact) mass is 266 g/mol. The minimum atomic E-state index is -0.878. The van der Waals surface area contributed by atoms with Crippen LogP contribution >= 0.6 is 0 Å². The van der Waals surface area contributed by atoms with E-state index in [1.807, 2.05) is 6.92 Å². The Kier molecular flexibility index (Phi) is 2.98. The van der Waals surface area contributed by atoms with Crippen LogP contribution in [-0.4, -0.2) is 29.8 Å². The molecule has 2 atom stereocenters. The van der Waals surface area contributed by atoms with E-state index in [0.717, 1.165) is 24.8 Å². The van der Waals surface area contributed by atoms with Crippen molar-refractivity contribution in [2.45, 2.75) is 55.1 Å². The third-order valence-corrected chi connectivity index (χ3v) is 6.28. The molecule has 2 saturated heterocycles. The van der Waals surface area contributed by atoms with Crippen LogP contribution in [0.25, 0.3) is 0 Å². The SMILES string of the molecule is Cc1ncc(C2(O)CC3CCCC(C2)S3=O)cn1. The summed E-state index contributed by atoms with van der Waals surface area (Å²) < 4.78 is 12.1. The normalized spacial score (nSPS) is 39.6. The van der Waals surface area contributed by atoms with Crippen molar-refractivity contribution in [2.75, 3.05) is 0 Å². The van der Waals surface area contributed by atoms with Gasteiger partial charge in [0.1, 0.15) is 5.82 Å². The van der Waals surface area contributed by atoms with Gasteiger partial charge in [-0.05, 0) is 32.6 Å². The zero-order valence-corrected chi connectivity index (χ0v) is 11.3. The zero-order valence-electron chi connectivity index (χ0n) is 10.5. The minimum Gasteiger partial charge on any atom is -0.385 e. The summed E-state index contributed by atoms with van der Waals surface area (Å²) >= 11 is 0. The molecule has 3 rings (SSSR count). The van der Waals surface area contributed by atoms with Gasteiger partial charge in [0.05, 0.1) is 5.60 Å². The van der Waals surface area contributed by atoms with Crippen LogP contribution in [0.5, 0.6) is 0 Å². The van der Waals surface area contributed by atoms with Gasteiger partial charge in [0.25, 0.3) is 0 Å². The Hall–Kier alpha value is -0.810. The summed E-state index contributed by atoms with van der Waals surface area (Å²) in [4.78, 5) is 8.33. The lowest BCUT2D eigenvalue weighted by Crippen LogP contribution is -2.47. The van der Waals surface area contributed by atoms with Gasteiger partial charge in [-0.15, -0.1) is 0 Å². The molecule has 5 heteroatoms. The van der Waals surface area contributed by atoms with E-state index in [-0.39, 0.29) is 10.5 Å². The molecule has 2 fully saturated rings. The van der Waals surface area contributed by atoms with Crippen LogP contribution in [-0.2, 0) is 16.4 Å². The number of aromatic nitrogens is 2. The predicted molar refractivity (Wildman–Crippen MR) is 69.5 cm³/mol. The fourth-order valence-electron chi connectivity index (χ4n) is 3.15. The average molecular weight is 266 g/mol. The summed E-state index contributed by atoms with van der Waals surface area (Å²) in [5.41, 5.74) is -0.0983. The standard InChI is InChI=1S/C13H18N2O2S/c1-9-14-7-10(8-15-9)13(16)5-11-3-2-4-12(6-13)18(11)17/h7-8,11-12,16H,2-6H2,1H3. The van der Waals surface area contributed by atoms with Crippen LogP contribution in [0.4, 0.5) is 0 Å². The van der Waals surface area contributed by atoms with Crippen molar-refractivity contribution >= 4 is 10.8 Å². The van der Waals surface area contributed by atoms with Crippen molar-refractivity contribution in [1.82, 2.24) is 9.97 Å². The first-order chi connectivity index (χ1) is 8.58. The average Bonchev–Trinajstić information content (AvgIpc) is 2.32. The molecule has 4 nitrogen and oxygen atoms in total. The van der Waals surface area contributed by atoms with E-state index in [4.69, 9.17) is 0 Å². The maximum atomic E-state index is 12.1. The van der Waals surface area contributed by atoms with E-state index in [1.54, 1.807) is 12.4 Å². The van der Waals surface area contributed by atoms with Crippen molar-refractivity contribution in [3.05, 3.63) is 23.8 Å². The summed E-state index contributed by atoms with van der Waals surface area (Å²) in [6, 6.07) is 0. The molecule has 2 aliphatic rings. The van der Waals surface area contributed by atoms with Crippen molar-refractivity contribution in [2.24, 2.45) is 0 Å². The summed E-state index contributed by atoms with van der Waals surface area (Å²) in [5, 5.41) is 11.1. The molecule has 0 spiro atoms. The van der Waals surface area contributed by atoms with Crippen LogP contribution in [0.1, 0.15) is 43.5 Å². The second-order valence-corrected chi connectivity index (χ2v) is 7.45. The second kappa shape index (κ2) is 4.38. The fourth-order valence-corrected chi connectivity index (χ4v) is 5.37. The summed E-state index contributed by atoms with van der Waals surface area (Å²) in [7, 11) is -0.762. The first-order valence-corrected chi connectivity index (χ1v) is 7.77. The lowest BCUT2D eigenvalue weighted by molar-refractivity contribution is 0.00588. The van der Waals surface area contributed by atoms with Crippen LogP contribution in [0.2, 0.25) is 0 Å². The predicted octanol–water partition coefficient (Wildman–Crippen LogP) is 1.44. The minimum absolute atomic E-state index is 0.142. The molecule has 0 radical (unpaired) electrons. The van der Waals surface area contributed by atoms with Gasteiger partial charge in [-0.1, -0.05) is 6.42 Å². The smallest absolute Gasteiger partial charge is 0.125 e. The number of aryl methyl sites for hydroxylation is 1. The van der Waals surface area contributed by atoms with Crippen LogP contribution in [0, 0.1) is 6.92 Å². The molecule has 2 unspecified atom stereocenters. The Labute approximate surface area is 109 Å². The van der Waals surface area contributed by atoms with Crippen LogP contribution < -0.4 is 0 Å². The first-order valence-electron chi connectivity index (χ1n) is 6.49. The maximum Gasteiger partial charge on any atom is 0.125 e. The number of hydrogen-bond donors (Lipinski definition) is 1.